The minimum absolute atomic E-state index is 0.0111. The minimum atomic E-state index is -0.299. The van der Waals surface area contributed by atoms with Gasteiger partial charge in [-0.25, -0.2) is 0 Å². The maximum absolute atomic E-state index is 12.2. The first kappa shape index (κ1) is 18.2. The molecule has 0 saturated heterocycles. The van der Waals surface area contributed by atoms with Crippen molar-refractivity contribution in [3.05, 3.63) is 12.3 Å². The van der Waals surface area contributed by atoms with Gasteiger partial charge in [-0.15, -0.1) is 0 Å². The van der Waals surface area contributed by atoms with Gasteiger partial charge in [0.25, 0.3) is 0 Å². The van der Waals surface area contributed by atoms with Gasteiger partial charge in [0.1, 0.15) is 6.26 Å². The second kappa shape index (κ2) is 10.8. The van der Waals surface area contributed by atoms with E-state index >= 15 is 0 Å². The molecule has 0 aliphatic rings. The Kier molecular flexibility index (Phi) is 8.90. The molecular weight excluding hydrogens is 286 g/mol. The Balaban J connectivity index is 2.44. The number of anilines is 1. The van der Waals surface area contributed by atoms with Crippen LogP contribution in [0.3, 0.4) is 0 Å². The van der Waals surface area contributed by atoms with Crippen LogP contribution < -0.4 is 5.32 Å². The van der Waals surface area contributed by atoms with E-state index in [0.717, 1.165) is 25.7 Å². The molecule has 1 aromatic rings. The smallest absolute Gasteiger partial charge is 0.245 e. The lowest BCUT2D eigenvalue weighted by molar-refractivity contribution is -0.135. The lowest BCUT2D eigenvalue weighted by Gasteiger charge is -2.21. The lowest BCUT2D eigenvalue weighted by atomic mass is 10.1. The van der Waals surface area contributed by atoms with Crippen LogP contribution in [-0.4, -0.2) is 48.7 Å². The standard InChI is InChI=1S/C15H25N3O4/c1-3-4-5-6-7-15(20)18(9-11-21-2)12-14(19)16-13-8-10-22-17-13/h8,10H,3-7,9,11-12H2,1-2H3,(H,16,17,19). The number of hydrogen-bond donors (Lipinski definition) is 1. The lowest BCUT2D eigenvalue weighted by Crippen LogP contribution is -2.39. The van der Waals surface area contributed by atoms with Crippen molar-refractivity contribution in [3.63, 3.8) is 0 Å². The van der Waals surface area contributed by atoms with Crippen molar-refractivity contribution >= 4 is 17.6 Å². The van der Waals surface area contributed by atoms with Crippen molar-refractivity contribution in [1.29, 1.82) is 0 Å². The highest BCUT2D eigenvalue weighted by molar-refractivity contribution is 5.93. The average Bonchev–Trinajstić information content (AvgIpc) is 3.00. The molecule has 124 valence electrons. The number of amides is 2. The van der Waals surface area contributed by atoms with E-state index in [9.17, 15) is 9.59 Å². The Labute approximate surface area is 131 Å². The van der Waals surface area contributed by atoms with Gasteiger partial charge in [-0.3, -0.25) is 9.59 Å². The molecule has 2 amide bonds. The second-order valence-corrected chi connectivity index (χ2v) is 5.05. The van der Waals surface area contributed by atoms with Crippen molar-refractivity contribution in [2.24, 2.45) is 0 Å². The quantitative estimate of drug-likeness (QED) is 0.632. The van der Waals surface area contributed by atoms with Gasteiger partial charge in [0.2, 0.25) is 11.8 Å². The molecule has 22 heavy (non-hydrogen) atoms. The number of aromatic nitrogens is 1. The molecule has 1 N–H and O–H groups in total. The summed E-state index contributed by atoms with van der Waals surface area (Å²) in [4.78, 5) is 25.7. The topological polar surface area (TPSA) is 84.7 Å². The number of carbonyl (C=O) groups excluding carboxylic acids is 2. The summed E-state index contributed by atoms with van der Waals surface area (Å²) in [6.45, 7) is 2.91. The largest absolute Gasteiger partial charge is 0.383 e. The predicted octanol–water partition coefficient (Wildman–Crippen LogP) is 2.06. The molecule has 0 aromatic carbocycles. The summed E-state index contributed by atoms with van der Waals surface area (Å²) < 4.78 is 9.64. The molecule has 1 aromatic heterocycles. The van der Waals surface area contributed by atoms with Crippen LogP contribution in [0.5, 0.6) is 0 Å². The summed E-state index contributed by atoms with van der Waals surface area (Å²) >= 11 is 0. The first-order valence-electron chi connectivity index (χ1n) is 7.64. The minimum Gasteiger partial charge on any atom is -0.383 e. The Morgan fingerprint density at radius 2 is 2.18 bits per heavy atom. The fraction of sp³-hybridized carbons (Fsp3) is 0.667. The number of ether oxygens (including phenoxy) is 1. The summed E-state index contributed by atoms with van der Waals surface area (Å²) in [5.41, 5.74) is 0. The SMILES string of the molecule is CCCCCCC(=O)N(CCOC)CC(=O)Nc1ccon1. The normalized spacial score (nSPS) is 10.5. The monoisotopic (exact) mass is 311 g/mol. The highest BCUT2D eigenvalue weighted by Crippen LogP contribution is 2.06. The van der Waals surface area contributed by atoms with Gasteiger partial charge in [-0.1, -0.05) is 31.3 Å². The number of nitrogens with zero attached hydrogens (tertiary/aromatic N) is 2. The van der Waals surface area contributed by atoms with E-state index in [1.807, 2.05) is 0 Å². The molecule has 1 rings (SSSR count). The summed E-state index contributed by atoms with van der Waals surface area (Å²) in [5, 5.41) is 6.19. The zero-order valence-corrected chi connectivity index (χ0v) is 13.3. The number of carbonyl (C=O) groups is 2. The van der Waals surface area contributed by atoms with Gasteiger partial charge in [0.05, 0.1) is 13.2 Å². The summed E-state index contributed by atoms with van der Waals surface area (Å²) in [5.74, 6) is 0.0162. The van der Waals surface area contributed by atoms with E-state index in [1.165, 1.54) is 11.2 Å². The summed E-state index contributed by atoms with van der Waals surface area (Å²) in [6, 6.07) is 1.55. The molecule has 0 bridgehead atoms. The van der Waals surface area contributed by atoms with Crippen molar-refractivity contribution in [2.45, 2.75) is 39.0 Å². The summed E-state index contributed by atoms with van der Waals surface area (Å²) in [6.07, 6.45) is 5.96. The zero-order chi connectivity index (χ0) is 16.2. The van der Waals surface area contributed by atoms with E-state index in [2.05, 4.69) is 21.9 Å². The van der Waals surface area contributed by atoms with Crippen LogP contribution in [0.2, 0.25) is 0 Å². The Bertz CT molecular complexity index is 434. The molecule has 0 spiro atoms. The van der Waals surface area contributed by atoms with Crippen molar-refractivity contribution in [3.8, 4) is 0 Å². The van der Waals surface area contributed by atoms with Gasteiger partial charge in [-0.2, -0.15) is 0 Å². The zero-order valence-electron chi connectivity index (χ0n) is 13.3. The van der Waals surface area contributed by atoms with E-state index in [-0.39, 0.29) is 18.4 Å². The molecule has 0 aliphatic carbocycles. The van der Waals surface area contributed by atoms with Crippen molar-refractivity contribution < 1.29 is 18.8 Å². The maximum Gasteiger partial charge on any atom is 0.245 e. The molecule has 1 heterocycles. The van der Waals surface area contributed by atoms with Crippen LogP contribution in [0, 0.1) is 0 Å². The highest BCUT2D eigenvalue weighted by Gasteiger charge is 2.17. The third kappa shape index (κ3) is 7.21. The van der Waals surface area contributed by atoms with Gasteiger partial charge < -0.3 is 19.5 Å². The Morgan fingerprint density at radius 3 is 2.82 bits per heavy atom. The molecule has 0 atom stereocenters. The highest BCUT2D eigenvalue weighted by atomic mass is 16.5. The first-order valence-corrected chi connectivity index (χ1v) is 7.64. The van der Waals surface area contributed by atoms with Crippen LogP contribution in [0.15, 0.2) is 16.9 Å². The first-order chi connectivity index (χ1) is 10.7. The third-order valence-electron chi connectivity index (χ3n) is 3.20. The van der Waals surface area contributed by atoms with Crippen molar-refractivity contribution in [1.82, 2.24) is 10.1 Å². The molecule has 7 nitrogen and oxygen atoms in total. The van der Waals surface area contributed by atoms with Crippen LogP contribution in [-0.2, 0) is 14.3 Å². The van der Waals surface area contributed by atoms with Gasteiger partial charge in [0.15, 0.2) is 5.82 Å². The van der Waals surface area contributed by atoms with Crippen LogP contribution in [0.4, 0.5) is 5.82 Å². The fourth-order valence-electron chi connectivity index (χ4n) is 1.99. The molecule has 0 aliphatic heterocycles. The van der Waals surface area contributed by atoms with E-state index in [1.54, 1.807) is 13.2 Å². The number of hydrogen-bond acceptors (Lipinski definition) is 5. The van der Waals surface area contributed by atoms with E-state index in [4.69, 9.17) is 4.74 Å². The molecule has 0 radical (unpaired) electrons. The molecular formula is C15H25N3O4. The van der Waals surface area contributed by atoms with Crippen LogP contribution in [0.25, 0.3) is 0 Å². The Morgan fingerprint density at radius 1 is 1.36 bits per heavy atom. The third-order valence-corrected chi connectivity index (χ3v) is 3.20. The number of rotatable bonds is 11. The van der Waals surface area contributed by atoms with E-state index < -0.39 is 0 Å². The van der Waals surface area contributed by atoms with Crippen LogP contribution >= 0.6 is 0 Å². The summed E-state index contributed by atoms with van der Waals surface area (Å²) in [7, 11) is 1.57. The predicted molar refractivity (Wildman–Crippen MR) is 82.3 cm³/mol. The van der Waals surface area contributed by atoms with E-state index in [0.29, 0.717) is 25.4 Å². The van der Waals surface area contributed by atoms with Gasteiger partial charge in [-0.05, 0) is 6.42 Å². The maximum atomic E-state index is 12.2. The molecule has 0 fully saturated rings. The van der Waals surface area contributed by atoms with Gasteiger partial charge in [0, 0.05) is 26.1 Å². The second-order valence-electron chi connectivity index (χ2n) is 5.05. The molecule has 0 saturated carbocycles. The van der Waals surface area contributed by atoms with Crippen LogP contribution in [0.1, 0.15) is 39.0 Å². The number of unbranched alkanes of at least 4 members (excludes halogenated alkanes) is 3. The van der Waals surface area contributed by atoms with Gasteiger partial charge >= 0.3 is 0 Å². The molecule has 7 heteroatoms. The average molecular weight is 311 g/mol. The van der Waals surface area contributed by atoms with Crippen molar-refractivity contribution in [2.75, 3.05) is 32.1 Å². The molecule has 0 unspecified atom stereocenters. The Hall–Kier alpha value is -1.89. The fourth-order valence-corrected chi connectivity index (χ4v) is 1.99. The number of nitrogens with one attached hydrogen (secondary N) is 1. The number of methoxy groups -OCH3 is 1.